The van der Waals surface area contributed by atoms with Crippen molar-refractivity contribution in [1.29, 1.82) is 0 Å². The van der Waals surface area contributed by atoms with Crippen molar-refractivity contribution in [3.8, 4) is 5.69 Å². The fraction of sp³-hybridized carbons (Fsp3) is 0.318. The molecule has 1 fully saturated rings. The van der Waals surface area contributed by atoms with Crippen LogP contribution in [-0.2, 0) is 6.54 Å². The van der Waals surface area contributed by atoms with E-state index in [0.717, 1.165) is 31.0 Å². The molecule has 0 unspecified atom stereocenters. The van der Waals surface area contributed by atoms with Gasteiger partial charge in [-0.15, -0.1) is 0 Å². The van der Waals surface area contributed by atoms with Crippen molar-refractivity contribution < 1.29 is 9.18 Å². The van der Waals surface area contributed by atoms with Gasteiger partial charge in [-0.05, 0) is 55.8 Å². The first-order chi connectivity index (χ1) is 14.0. The largest absolute Gasteiger partial charge is 0.336 e. The highest BCUT2D eigenvalue weighted by Gasteiger charge is 2.27. The minimum Gasteiger partial charge on any atom is -0.336 e. The maximum atomic E-state index is 13.2. The van der Waals surface area contributed by atoms with E-state index >= 15 is 0 Å². The van der Waals surface area contributed by atoms with Gasteiger partial charge in [0.2, 0.25) is 0 Å². The molecular formula is C22H24FN5O. The van der Waals surface area contributed by atoms with Crippen LogP contribution in [0.25, 0.3) is 5.69 Å². The van der Waals surface area contributed by atoms with Crippen molar-refractivity contribution in [1.82, 2.24) is 24.6 Å². The molecule has 1 aliphatic rings. The first-order valence-electron chi connectivity index (χ1n) is 9.75. The van der Waals surface area contributed by atoms with E-state index in [1.165, 1.54) is 17.7 Å². The quantitative estimate of drug-likeness (QED) is 0.684. The molecule has 29 heavy (non-hydrogen) atoms. The first kappa shape index (κ1) is 19.3. The Morgan fingerprint density at radius 2 is 1.66 bits per heavy atom. The zero-order valence-corrected chi connectivity index (χ0v) is 16.7. The van der Waals surface area contributed by atoms with Gasteiger partial charge in [0.25, 0.3) is 5.91 Å². The Balaban J connectivity index is 1.46. The molecule has 1 aliphatic heterocycles. The molecule has 6 nitrogen and oxygen atoms in total. The van der Waals surface area contributed by atoms with Gasteiger partial charge in [0.1, 0.15) is 5.82 Å². The number of piperazine rings is 1. The molecule has 2 aromatic heterocycles. The Hall–Kier alpha value is -3.06. The van der Waals surface area contributed by atoms with Gasteiger partial charge >= 0.3 is 0 Å². The number of aryl methyl sites for hydroxylation is 1. The number of carbonyl (C=O) groups is 1. The summed E-state index contributed by atoms with van der Waals surface area (Å²) in [6.45, 7) is 7.63. The zero-order valence-electron chi connectivity index (χ0n) is 16.7. The highest BCUT2D eigenvalue weighted by Crippen LogP contribution is 2.21. The molecule has 0 N–H and O–H groups in total. The van der Waals surface area contributed by atoms with E-state index < -0.39 is 0 Å². The lowest BCUT2D eigenvalue weighted by molar-refractivity contribution is 0.0627. The minimum absolute atomic E-state index is 0.0110. The Morgan fingerprint density at radius 3 is 2.31 bits per heavy atom. The number of halogens is 1. The van der Waals surface area contributed by atoms with Gasteiger partial charge < -0.3 is 4.90 Å². The normalized spacial score (nSPS) is 14.9. The molecule has 0 atom stereocenters. The van der Waals surface area contributed by atoms with E-state index in [2.05, 4.69) is 15.0 Å². The zero-order chi connectivity index (χ0) is 20.4. The molecule has 4 rings (SSSR count). The number of carbonyl (C=O) groups excluding carboxylic acids is 1. The maximum Gasteiger partial charge on any atom is 0.257 e. The molecule has 0 bridgehead atoms. The summed E-state index contributed by atoms with van der Waals surface area (Å²) in [5, 5.41) is 4.53. The predicted molar refractivity (Wildman–Crippen MR) is 108 cm³/mol. The van der Waals surface area contributed by atoms with Crippen LogP contribution in [0.5, 0.6) is 0 Å². The van der Waals surface area contributed by atoms with Crippen molar-refractivity contribution in [2.45, 2.75) is 20.4 Å². The molecule has 1 saturated heterocycles. The summed E-state index contributed by atoms with van der Waals surface area (Å²) in [5.74, 6) is -0.284. The molecule has 1 amide bonds. The van der Waals surface area contributed by atoms with Crippen LogP contribution in [-0.4, -0.2) is 56.7 Å². The second-order valence-corrected chi connectivity index (χ2v) is 7.36. The van der Waals surface area contributed by atoms with Crippen LogP contribution >= 0.6 is 0 Å². The van der Waals surface area contributed by atoms with Gasteiger partial charge in [-0.3, -0.25) is 14.7 Å². The van der Waals surface area contributed by atoms with E-state index in [1.807, 2.05) is 30.9 Å². The van der Waals surface area contributed by atoms with Crippen LogP contribution in [0.15, 0.2) is 48.8 Å². The monoisotopic (exact) mass is 393 g/mol. The number of amides is 1. The third kappa shape index (κ3) is 4.05. The van der Waals surface area contributed by atoms with Crippen LogP contribution in [0.3, 0.4) is 0 Å². The minimum atomic E-state index is -0.295. The van der Waals surface area contributed by atoms with Gasteiger partial charge in [0, 0.05) is 45.1 Å². The standard InChI is InChI=1S/C22H24FN5O/c1-16-21(17(2)28(25-16)20-5-3-19(23)4-6-20)22(29)27-13-11-26(12-14-27)15-18-7-9-24-10-8-18/h3-10H,11-15H2,1-2H3. The van der Waals surface area contributed by atoms with Crippen molar-refractivity contribution in [2.75, 3.05) is 26.2 Å². The second-order valence-electron chi connectivity index (χ2n) is 7.36. The van der Waals surface area contributed by atoms with Gasteiger partial charge in [-0.25, -0.2) is 9.07 Å². The number of rotatable bonds is 4. The highest BCUT2D eigenvalue weighted by atomic mass is 19.1. The lowest BCUT2D eigenvalue weighted by Gasteiger charge is -2.34. The Labute approximate surface area is 169 Å². The van der Waals surface area contributed by atoms with Crippen LogP contribution in [0.4, 0.5) is 4.39 Å². The summed E-state index contributed by atoms with van der Waals surface area (Å²) < 4.78 is 14.9. The summed E-state index contributed by atoms with van der Waals surface area (Å²) in [4.78, 5) is 21.5. The molecular weight excluding hydrogens is 369 g/mol. The molecule has 3 heterocycles. The van der Waals surface area contributed by atoms with Crippen LogP contribution < -0.4 is 0 Å². The van der Waals surface area contributed by atoms with E-state index in [-0.39, 0.29) is 11.7 Å². The fourth-order valence-electron chi connectivity index (χ4n) is 3.80. The maximum absolute atomic E-state index is 13.2. The highest BCUT2D eigenvalue weighted by molar-refractivity contribution is 5.96. The number of hydrogen-bond acceptors (Lipinski definition) is 4. The topological polar surface area (TPSA) is 54.3 Å². The second kappa shape index (κ2) is 8.13. The van der Waals surface area contributed by atoms with Crippen molar-refractivity contribution in [3.63, 3.8) is 0 Å². The van der Waals surface area contributed by atoms with Gasteiger partial charge in [0.05, 0.1) is 22.6 Å². The van der Waals surface area contributed by atoms with Crippen LogP contribution in [0.1, 0.15) is 27.3 Å². The molecule has 7 heteroatoms. The van der Waals surface area contributed by atoms with Crippen molar-refractivity contribution in [2.24, 2.45) is 0 Å². The lowest BCUT2D eigenvalue weighted by Crippen LogP contribution is -2.48. The number of nitrogens with zero attached hydrogens (tertiary/aromatic N) is 5. The summed E-state index contributed by atoms with van der Waals surface area (Å²) in [6.07, 6.45) is 3.61. The van der Waals surface area contributed by atoms with Gasteiger partial charge in [-0.1, -0.05) is 0 Å². The van der Waals surface area contributed by atoms with Crippen molar-refractivity contribution in [3.05, 3.63) is 77.1 Å². The van der Waals surface area contributed by atoms with E-state index in [0.29, 0.717) is 24.3 Å². The molecule has 0 aliphatic carbocycles. The smallest absolute Gasteiger partial charge is 0.257 e. The Bertz CT molecular complexity index is 992. The number of pyridine rings is 1. The number of benzene rings is 1. The molecule has 150 valence electrons. The van der Waals surface area contributed by atoms with Crippen molar-refractivity contribution >= 4 is 5.91 Å². The fourth-order valence-corrected chi connectivity index (χ4v) is 3.80. The van der Waals surface area contributed by atoms with E-state index in [4.69, 9.17) is 0 Å². The van der Waals surface area contributed by atoms with Gasteiger partial charge in [0.15, 0.2) is 0 Å². The average molecular weight is 393 g/mol. The SMILES string of the molecule is Cc1nn(-c2ccc(F)cc2)c(C)c1C(=O)N1CCN(Cc2ccncc2)CC1. The molecule has 0 saturated carbocycles. The summed E-state index contributed by atoms with van der Waals surface area (Å²) >= 11 is 0. The van der Waals surface area contributed by atoms with Crippen LogP contribution in [0, 0.1) is 19.7 Å². The summed E-state index contributed by atoms with van der Waals surface area (Å²) in [5.41, 5.74) is 4.08. The van der Waals surface area contributed by atoms with E-state index in [9.17, 15) is 9.18 Å². The molecule has 0 radical (unpaired) electrons. The third-order valence-electron chi connectivity index (χ3n) is 5.39. The molecule has 3 aromatic rings. The summed E-state index contributed by atoms with van der Waals surface area (Å²) in [6, 6.07) is 10.2. The van der Waals surface area contributed by atoms with Gasteiger partial charge in [-0.2, -0.15) is 5.10 Å². The Morgan fingerprint density at radius 1 is 1.00 bits per heavy atom. The first-order valence-corrected chi connectivity index (χ1v) is 9.75. The molecule has 0 spiro atoms. The number of aromatic nitrogens is 3. The lowest BCUT2D eigenvalue weighted by atomic mass is 10.1. The predicted octanol–water partition coefficient (Wildman–Crippen LogP) is 2.98. The number of hydrogen-bond donors (Lipinski definition) is 0. The average Bonchev–Trinajstić information content (AvgIpc) is 3.03. The molecule has 1 aromatic carbocycles. The third-order valence-corrected chi connectivity index (χ3v) is 5.39. The Kier molecular flexibility index (Phi) is 5.40. The van der Waals surface area contributed by atoms with E-state index in [1.54, 1.807) is 29.2 Å². The van der Waals surface area contributed by atoms with Crippen LogP contribution in [0.2, 0.25) is 0 Å². The summed E-state index contributed by atoms with van der Waals surface area (Å²) in [7, 11) is 0.